The van der Waals surface area contributed by atoms with Crippen LogP contribution in [0.15, 0.2) is 224 Å². The number of nitrogens with zero attached hydrogens (tertiary/aromatic N) is 1. The summed E-state index contributed by atoms with van der Waals surface area (Å²) in [5, 5.41) is 2.40. The number of anilines is 2. The van der Waals surface area contributed by atoms with Crippen LogP contribution in [0.25, 0.3) is 55.8 Å². The standard InChI is InChI=1S/C72H57NO/c1-71(2)61-33-13-10-29-56(61)57-40-39-53(45-66(57)71)73(52-26-17-25-51(44-52)50-24-16-23-49(43-50)46-19-4-3-5-20-46)67-36-15-12-30-58(67)59-32-18-35-63-68(59)60-31-11-14-34-62(60)72(63)64-41-37-47-21-6-8-27-54(47)69(64)74-70-55-28-9-7-22-48(55)38-42-65(70)72/h3-6,8-13,16-21,23-33,35,37-45,60,62H,7,14-15,22,34,36H2,1-2H3. The van der Waals surface area contributed by atoms with Crippen molar-refractivity contribution < 1.29 is 4.74 Å². The van der Waals surface area contributed by atoms with Crippen molar-refractivity contribution in [3.8, 4) is 44.9 Å². The number of ether oxygens (including phenoxy) is 1. The van der Waals surface area contributed by atoms with Crippen molar-refractivity contribution in [3.05, 3.63) is 274 Å². The van der Waals surface area contributed by atoms with E-state index in [4.69, 9.17) is 4.74 Å². The number of hydrogen-bond acceptors (Lipinski definition) is 2. The van der Waals surface area contributed by atoms with Crippen LogP contribution in [0.1, 0.15) is 102 Å². The van der Waals surface area contributed by atoms with E-state index in [2.05, 4.69) is 243 Å². The highest BCUT2D eigenvalue weighted by atomic mass is 16.5. The Morgan fingerprint density at radius 3 is 2.09 bits per heavy atom. The van der Waals surface area contributed by atoms with Gasteiger partial charge in [-0.15, -0.1) is 0 Å². The van der Waals surface area contributed by atoms with Crippen LogP contribution in [-0.2, 0) is 17.3 Å². The summed E-state index contributed by atoms with van der Waals surface area (Å²) in [6.45, 7) is 4.80. The highest BCUT2D eigenvalue weighted by Gasteiger charge is 2.58. The Morgan fingerprint density at radius 1 is 0.486 bits per heavy atom. The van der Waals surface area contributed by atoms with Gasteiger partial charge in [0.15, 0.2) is 0 Å². The van der Waals surface area contributed by atoms with E-state index >= 15 is 0 Å². The summed E-state index contributed by atoms with van der Waals surface area (Å²) in [5.74, 6) is 2.58. The quantitative estimate of drug-likeness (QED) is 0.154. The van der Waals surface area contributed by atoms with Crippen LogP contribution in [0.5, 0.6) is 11.5 Å². The zero-order chi connectivity index (χ0) is 49.1. The number of rotatable bonds is 6. The number of aryl methyl sites for hydroxylation is 1. The van der Waals surface area contributed by atoms with Gasteiger partial charge in [-0.05, 0) is 147 Å². The molecule has 3 unspecified atom stereocenters. The van der Waals surface area contributed by atoms with Crippen molar-refractivity contribution in [2.45, 2.75) is 69.1 Å². The molecule has 0 bridgehead atoms. The first kappa shape index (κ1) is 43.4. The maximum Gasteiger partial charge on any atom is 0.139 e. The number of fused-ring (bicyclic) bond motifs is 16. The van der Waals surface area contributed by atoms with E-state index in [1.54, 1.807) is 0 Å². The molecular weight excluding hydrogens is 895 g/mol. The van der Waals surface area contributed by atoms with Crippen molar-refractivity contribution in [1.82, 2.24) is 0 Å². The summed E-state index contributed by atoms with van der Waals surface area (Å²) in [4.78, 5) is 2.63. The van der Waals surface area contributed by atoms with Gasteiger partial charge < -0.3 is 9.64 Å². The third-order valence-electron chi connectivity index (χ3n) is 17.9. The molecule has 0 saturated heterocycles. The van der Waals surface area contributed by atoms with Gasteiger partial charge in [-0.2, -0.15) is 0 Å². The molecule has 0 fully saturated rings. The molecule has 74 heavy (non-hydrogen) atoms. The van der Waals surface area contributed by atoms with Gasteiger partial charge in [0.05, 0.1) is 5.41 Å². The molecule has 9 aromatic rings. The molecule has 9 aromatic carbocycles. The van der Waals surface area contributed by atoms with Crippen LogP contribution < -0.4 is 9.64 Å². The second-order valence-corrected chi connectivity index (χ2v) is 22.0. The molecule has 1 aliphatic heterocycles. The molecule has 0 aromatic heterocycles. The number of benzene rings is 9. The van der Waals surface area contributed by atoms with Gasteiger partial charge in [0, 0.05) is 56.1 Å². The van der Waals surface area contributed by atoms with Gasteiger partial charge >= 0.3 is 0 Å². The van der Waals surface area contributed by atoms with E-state index in [9.17, 15) is 0 Å². The third-order valence-corrected chi connectivity index (χ3v) is 17.9. The van der Waals surface area contributed by atoms with Gasteiger partial charge in [0.1, 0.15) is 11.5 Å². The molecule has 356 valence electrons. The van der Waals surface area contributed by atoms with Crippen molar-refractivity contribution >= 4 is 33.8 Å². The number of allylic oxidation sites excluding steroid dienone is 7. The lowest BCUT2D eigenvalue weighted by Crippen LogP contribution is -2.39. The first-order chi connectivity index (χ1) is 36.5. The average Bonchev–Trinajstić information content (AvgIpc) is 3.89. The Bertz CT molecular complexity index is 3940. The van der Waals surface area contributed by atoms with Crippen LogP contribution in [0.2, 0.25) is 0 Å². The largest absolute Gasteiger partial charge is 0.455 e. The predicted octanol–water partition coefficient (Wildman–Crippen LogP) is 18.8. The van der Waals surface area contributed by atoms with Gasteiger partial charge in [0.2, 0.25) is 0 Å². The molecule has 6 aliphatic rings. The summed E-state index contributed by atoms with van der Waals surface area (Å²) in [6.07, 6.45) is 20.7. The zero-order valence-electron chi connectivity index (χ0n) is 42.1. The SMILES string of the molecule is CC1(C)c2ccccc2-c2ccc(N(C3=C(c4cccc5c4C4C=CCCC4C54c5ccc6c(c5Oc5c4ccc4ccccc54)C=CCC6)C=CCC3)c3cccc(-c4cccc(-c5ccccc5)c4)c3)cc21. The topological polar surface area (TPSA) is 12.5 Å². The smallest absolute Gasteiger partial charge is 0.139 e. The van der Waals surface area contributed by atoms with Crippen molar-refractivity contribution in [1.29, 1.82) is 0 Å². The summed E-state index contributed by atoms with van der Waals surface area (Å²) in [6, 6.07) is 71.2. The molecule has 0 N–H and O–H groups in total. The van der Waals surface area contributed by atoms with Crippen LogP contribution in [0, 0.1) is 5.92 Å². The Labute approximate surface area is 435 Å². The van der Waals surface area contributed by atoms with E-state index < -0.39 is 5.41 Å². The minimum Gasteiger partial charge on any atom is -0.455 e. The highest BCUT2D eigenvalue weighted by Crippen LogP contribution is 2.68. The number of hydrogen-bond donors (Lipinski definition) is 0. The van der Waals surface area contributed by atoms with Crippen LogP contribution >= 0.6 is 0 Å². The van der Waals surface area contributed by atoms with Crippen molar-refractivity contribution in [2.24, 2.45) is 5.92 Å². The van der Waals surface area contributed by atoms with E-state index in [0.29, 0.717) is 5.92 Å². The maximum atomic E-state index is 7.40. The molecule has 5 aliphatic carbocycles. The fourth-order valence-corrected chi connectivity index (χ4v) is 14.6. The lowest BCUT2D eigenvalue weighted by molar-refractivity contribution is 0.312. The summed E-state index contributed by atoms with van der Waals surface area (Å²) in [5.41, 5.74) is 24.2. The van der Waals surface area contributed by atoms with Gasteiger partial charge in [-0.25, -0.2) is 0 Å². The maximum absolute atomic E-state index is 7.40. The minimum atomic E-state index is -0.421. The molecule has 1 spiro atoms. The van der Waals surface area contributed by atoms with E-state index in [1.807, 2.05) is 0 Å². The fraction of sp³-hybridized carbons (Fsp3) is 0.167. The lowest BCUT2D eigenvalue weighted by atomic mass is 9.60. The first-order valence-corrected chi connectivity index (χ1v) is 27.0. The van der Waals surface area contributed by atoms with Gasteiger partial charge in [-0.3, -0.25) is 0 Å². The normalized spacial score (nSPS) is 20.0. The Morgan fingerprint density at radius 2 is 1.18 bits per heavy atom. The summed E-state index contributed by atoms with van der Waals surface area (Å²) in [7, 11) is 0. The van der Waals surface area contributed by atoms with E-state index in [-0.39, 0.29) is 11.3 Å². The van der Waals surface area contributed by atoms with E-state index in [0.717, 1.165) is 50.0 Å². The van der Waals surface area contributed by atoms with Crippen LogP contribution in [0.3, 0.4) is 0 Å². The average molecular weight is 952 g/mol. The summed E-state index contributed by atoms with van der Waals surface area (Å²) < 4.78 is 7.40. The van der Waals surface area contributed by atoms with Crippen LogP contribution in [0.4, 0.5) is 11.4 Å². The fourth-order valence-electron chi connectivity index (χ4n) is 14.6. The highest BCUT2D eigenvalue weighted by molar-refractivity contribution is 5.95. The second-order valence-electron chi connectivity index (χ2n) is 22.0. The molecule has 2 nitrogen and oxygen atoms in total. The van der Waals surface area contributed by atoms with Gasteiger partial charge in [0.25, 0.3) is 0 Å². The lowest BCUT2D eigenvalue weighted by Gasteiger charge is -2.45. The third kappa shape index (κ3) is 6.30. The monoisotopic (exact) mass is 951 g/mol. The Balaban J connectivity index is 0.973. The Hall–Kier alpha value is -8.20. The molecule has 0 saturated carbocycles. The molecular formula is C72H57NO. The van der Waals surface area contributed by atoms with Crippen molar-refractivity contribution in [2.75, 3.05) is 4.90 Å². The molecule has 15 rings (SSSR count). The molecule has 3 atom stereocenters. The predicted molar refractivity (Wildman–Crippen MR) is 308 cm³/mol. The minimum absolute atomic E-state index is 0.148. The van der Waals surface area contributed by atoms with Gasteiger partial charge in [-0.1, -0.05) is 208 Å². The zero-order valence-corrected chi connectivity index (χ0v) is 42.1. The molecule has 2 heteroatoms. The van der Waals surface area contributed by atoms with E-state index in [1.165, 1.54) is 117 Å². The first-order valence-electron chi connectivity index (χ1n) is 27.0. The molecule has 0 amide bonds. The molecule has 1 heterocycles. The Kier molecular flexibility index (Phi) is 9.77. The summed E-state index contributed by atoms with van der Waals surface area (Å²) >= 11 is 0. The van der Waals surface area contributed by atoms with Crippen molar-refractivity contribution in [3.63, 3.8) is 0 Å². The van der Waals surface area contributed by atoms with Crippen LogP contribution in [-0.4, -0.2) is 0 Å². The molecule has 0 radical (unpaired) electrons. The second kappa shape index (κ2) is 16.7.